The normalized spacial score (nSPS) is 12.0. The van der Waals surface area contributed by atoms with Crippen molar-refractivity contribution in [1.82, 2.24) is 5.32 Å². The average molecular weight is 317 g/mol. The molecule has 0 aromatic heterocycles. The van der Waals surface area contributed by atoms with Crippen LogP contribution in [0.3, 0.4) is 0 Å². The highest BCUT2D eigenvalue weighted by Crippen LogP contribution is 2.25. The first-order valence-corrected chi connectivity index (χ1v) is 6.83. The van der Waals surface area contributed by atoms with Gasteiger partial charge in [0.25, 0.3) is 0 Å². The summed E-state index contributed by atoms with van der Waals surface area (Å²) in [6.45, 7) is 4.42. The molecule has 1 aromatic carbocycles. The molecule has 1 aromatic rings. The Morgan fingerprint density at radius 3 is 2.83 bits per heavy atom. The Kier molecular flexibility index (Phi) is 6.12. The fraction of sp³-hybridized carbons (Fsp3) is 0.462. The number of nitrogens with one attached hydrogen (secondary N) is 2. The maximum absolute atomic E-state index is 13.6. The van der Waals surface area contributed by atoms with Gasteiger partial charge in [0, 0.05) is 11.0 Å². The minimum absolute atomic E-state index is 0.126. The lowest BCUT2D eigenvalue weighted by Gasteiger charge is -2.16. The Labute approximate surface area is 115 Å². The second-order valence-corrected chi connectivity index (χ2v) is 4.96. The summed E-state index contributed by atoms with van der Waals surface area (Å²) in [6.07, 6.45) is 1.98. The molecular formula is C13H18BrFN2O. The van der Waals surface area contributed by atoms with Crippen molar-refractivity contribution in [3.05, 3.63) is 28.5 Å². The van der Waals surface area contributed by atoms with Gasteiger partial charge in [-0.15, -0.1) is 0 Å². The standard InChI is InChI=1S/C13H18BrFN2O/c1-3-4-8-16-13(18)9(2)17-12-10(14)6-5-7-11(12)15/h5-7,9,17H,3-4,8H2,1-2H3,(H,16,18). The van der Waals surface area contributed by atoms with Crippen LogP contribution in [0.4, 0.5) is 10.1 Å². The number of rotatable bonds is 6. The molecule has 3 nitrogen and oxygen atoms in total. The van der Waals surface area contributed by atoms with E-state index in [9.17, 15) is 9.18 Å². The third-order valence-electron chi connectivity index (χ3n) is 2.55. The van der Waals surface area contributed by atoms with Crippen LogP contribution in [0, 0.1) is 5.82 Å². The van der Waals surface area contributed by atoms with Crippen LogP contribution < -0.4 is 10.6 Å². The Balaban J connectivity index is 2.58. The first kappa shape index (κ1) is 15.0. The highest BCUT2D eigenvalue weighted by atomic mass is 79.9. The van der Waals surface area contributed by atoms with Gasteiger partial charge in [0.05, 0.1) is 5.69 Å². The topological polar surface area (TPSA) is 41.1 Å². The predicted molar refractivity (Wildman–Crippen MR) is 75.1 cm³/mol. The van der Waals surface area contributed by atoms with E-state index in [0.29, 0.717) is 16.7 Å². The van der Waals surface area contributed by atoms with Gasteiger partial charge in [-0.25, -0.2) is 4.39 Å². The van der Waals surface area contributed by atoms with E-state index in [1.807, 2.05) is 0 Å². The van der Waals surface area contributed by atoms with E-state index >= 15 is 0 Å². The van der Waals surface area contributed by atoms with Crippen molar-refractivity contribution < 1.29 is 9.18 Å². The number of benzene rings is 1. The van der Waals surface area contributed by atoms with Gasteiger partial charge in [-0.2, -0.15) is 0 Å². The van der Waals surface area contributed by atoms with Crippen molar-refractivity contribution >= 4 is 27.5 Å². The molecule has 0 radical (unpaired) electrons. The van der Waals surface area contributed by atoms with Gasteiger partial charge in [-0.1, -0.05) is 19.4 Å². The number of para-hydroxylation sites is 1. The third-order valence-corrected chi connectivity index (χ3v) is 3.21. The summed E-state index contributed by atoms with van der Waals surface area (Å²) in [5, 5.41) is 5.67. The number of hydrogen-bond donors (Lipinski definition) is 2. The van der Waals surface area contributed by atoms with E-state index in [1.165, 1.54) is 6.07 Å². The second-order valence-electron chi connectivity index (χ2n) is 4.11. The van der Waals surface area contributed by atoms with Crippen molar-refractivity contribution in [2.75, 3.05) is 11.9 Å². The Bertz CT molecular complexity index is 392. The second kappa shape index (κ2) is 7.36. The molecule has 18 heavy (non-hydrogen) atoms. The number of unbranched alkanes of at least 4 members (excludes halogenated alkanes) is 1. The smallest absolute Gasteiger partial charge is 0.242 e. The van der Waals surface area contributed by atoms with Crippen molar-refractivity contribution in [2.45, 2.75) is 32.7 Å². The number of carbonyl (C=O) groups excluding carboxylic acids is 1. The largest absolute Gasteiger partial charge is 0.371 e. The van der Waals surface area contributed by atoms with Crippen molar-refractivity contribution in [1.29, 1.82) is 0 Å². The maximum Gasteiger partial charge on any atom is 0.242 e. The van der Waals surface area contributed by atoms with Gasteiger partial charge < -0.3 is 10.6 Å². The van der Waals surface area contributed by atoms with Crippen LogP contribution in [-0.4, -0.2) is 18.5 Å². The molecule has 0 aliphatic heterocycles. The van der Waals surface area contributed by atoms with Crippen LogP contribution >= 0.6 is 15.9 Å². The van der Waals surface area contributed by atoms with E-state index in [1.54, 1.807) is 19.1 Å². The van der Waals surface area contributed by atoms with Crippen molar-refractivity contribution in [2.24, 2.45) is 0 Å². The number of carbonyl (C=O) groups is 1. The van der Waals surface area contributed by atoms with Gasteiger partial charge in [-0.05, 0) is 41.4 Å². The molecule has 100 valence electrons. The van der Waals surface area contributed by atoms with E-state index in [-0.39, 0.29) is 11.7 Å². The monoisotopic (exact) mass is 316 g/mol. The fourth-order valence-corrected chi connectivity index (χ4v) is 1.92. The molecule has 0 bridgehead atoms. The average Bonchev–Trinajstić information content (AvgIpc) is 2.34. The summed E-state index contributed by atoms with van der Waals surface area (Å²) in [7, 11) is 0. The fourth-order valence-electron chi connectivity index (χ4n) is 1.46. The molecule has 0 aliphatic rings. The van der Waals surface area contributed by atoms with Gasteiger partial charge in [0.2, 0.25) is 5.91 Å². The summed E-state index contributed by atoms with van der Waals surface area (Å²) in [5.74, 6) is -0.504. The van der Waals surface area contributed by atoms with Gasteiger partial charge in [0.15, 0.2) is 0 Å². The van der Waals surface area contributed by atoms with E-state index in [0.717, 1.165) is 12.8 Å². The minimum atomic E-state index is -0.477. The molecule has 2 N–H and O–H groups in total. The molecule has 1 rings (SSSR count). The SMILES string of the molecule is CCCCNC(=O)C(C)Nc1c(F)cccc1Br. The van der Waals surface area contributed by atoms with Gasteiger partial charge >= 0.3 is 0 Å². The van der Waals surface area contributed by atoms with E-state index in [2.05, 4.69) is 33.5 Å². The summed E-state index contributed by atoms with van der Waals surface area (Å²) < 4.78 is 14.2. The van der Waals surface area contributed by atoms with Crippen LogP contribution in [-0.2, 0) is 4.79 Å². The quantitative estimate of drug-likeness (QED) is 0.791. The van der Waals surface area contributed by atoms with Crippen LogP contribution in [0.15, 0.2) is 22.7 Å². The zero-order valence-electron chi connectivity index (χ0n) is 10.6. The van der Waals surface area contributed by atoms with Gasteiger partial charge in [0.1, 0.15) is 11.9 Å². The lowest BCUT2D eigenvalue weighted by Crippen LogP contribution is -2.38. The number of amides is 1. The lowest BCUT2D eigenvalue weighted by molar-refractivity contribution is -0.121. The Hall–Kier alpha value is -1.10. The number of anilines is 1. The van der Waals surface area contributed by atoms with Crippen LogP contribution in [0.1, 0.15) is 26.7 Å². The summed E-state index contributed by atoms with van der Waals surface area (Å²) in [4.78, 5) is 11.7. The number of halogens is 2. The van der Waals surface area contributed by atoms with E-state index in [4.69, 9.17) is 0 Å². The highest BCUT2D eigenvalue weighted by molar-refractivity contribution is 9.10. The molecule has 0 heterocycles. The summed E-state index contributed by atoms with van der Waals surface area (Å²) in [6, 6.07) is 4.22. The molecule has 0 fully saturated rings. The Morgan fingerprint density at radius 1 is 1.50 bits per heavy atom. The maximum atomic E-state index is 13.6. The van der Waals surface area contributed by atoms with E-state index < -0.39 is 6.04 Å². The summed E-state index contributed by atoms with van der Waals surface area (Å²) >= 11 is 3.25. The van der Waals surface area contributed by atoms with Crippen LogP contribution in [0.2, 0.25) is 0 Å². The molecule has 0 spiro atoms. The minimum Gasteiger partial charge on any atom is -0.371 e. The molecule has 0 saturated heterocycles. The van der Waals surface area contributed by atoms with Crippen LogP contribution in [0.5, 0.6) is 0 Å². The zero-order chi connectivity index (χ0) is 13.5. The number of hydrogen-bond acceptors (Lipinski definition) is 2. The molecule has 0 saturated carbocycles. The Morgan fingerprint density at radius 2 is 2.22 bits per heavy atom. The van der Waals surface area contributed by atoms with Crippen molar-refractivity contribution in [3.8, 4) is 0 Å². The predicted octanol–water partition coefficient (Wildman–Crippen LogP) is 3.30. The first-order chi connectivity index (χ1) is 8.56. The molecular weight excluding hydrogens is 299 g/mol. The molecule has 1 unspecified atom stereocenters. The van der Waals surface area contributed by atoms with Gasteiger partial charge in [-0.3, -0.25) is 4.79 Å². The summed E-state index contributed by atoms with van der Waals surface area (Å²) in [5.41, 5.74) is 0.315. The third kappa shape index (κ3) is 4.29. The van der Waals surface area contributed by atoms with Crippen LogP contribution in [0.25, 0.3) is 0 Å². The highest BCUT2D eigenvalue weighted by Gasteiger charge is 2.15. The zero-order valence-corrected chi connectivity index (χ0v) is 12.2. The first-order valence-electron chi connectivity index (χ1n) is 6.04. The molecule has 1 atom stereocenters. The molecule has 0 aliphatic carbocycles. The lowest BCUT2D eigenvalue weighted by atomic mass is 10.2. The molecule has 5 heteroatoms. The molecule has 1 amide bonds. The van der Waals surface area contributed by atoms with Crippen molar-refractivity contribution in [3.63, 3.8) is 0 Å².